The van der Waals surface area contributed by atoms with Crippen molar-refractivity contribution in [1.82, 2.24) is 0 Å². The lowest BCUT2D eigenvalue weighted by atomic mass is 10.1. The molecule has 0 bridgehead atoms. The van der Waals surface area contributed by atoms with Crippen molar-refractivity contribution in [3.8, 4) is 11.5 Å². The lowest BCUT2D eigenvalue weighted by molar-refractivity contribution is 0.173. The summed E-state index contributed by atoms with van der Waals surface area (Å²) in [4.78, 5) is 0. The highest BCUT2D eigenvalue weighted by molar-refractivity contribution is 5.37. The fourth-order valence-corrected chi connectivity index (χ4v) is 2.12. The molecule has 1 atom stereocenters. The van der Waals surface area contributed by atoms with Gasteiger partial charge in [0.05, 0.1) is 6.10 Å². The van der Waals surface area contributed by atoms with Gasteiger partial charge in [0, 0.05) is 0 Å². The van der Waals surface area contributed by atoms with E-state index in [2.05, 4.69) is 19.9 Å². The Kier molecular flexibility index (Phi) is 4.23. The first-order valence-corrected chi connectivity index (χ1v) is 6.62. The largest absolute Gasteiger partial charge is 0.457 e. The summed E-state index contributed by atoms with van der Waals surface area (Å²) in [5.41, 5.74) is 3.30. The zero-order valence-corrected chi connectivity index (χ0v) is 11.7. The molecule has 0 heterocycles. The predicted octanol–water partition coefficient (Wildman–Crippen LogP) is 4.54. The number of hydrogen-bond acceptors (Lipinski definition) is 2. The SMILES string of the molecule is CC[C@H](O)c1ccc(Oc2cc(C)cc(C)c2)cc1. The van der Waals surface area contributed by atoms with Crippen LogP contribution in [0.4, 0.5) is 0 Å². The maximum absolute atomic E-state index is 9.74. The molecule has 100 valence electrons. The van der Waals surface area contributed by atoms with Crippen LogP contribution in [0.25, 0.3) is 0 Å². The molecule has 2 aromatic rings. The molecule has 0 aliphatic carbocycles. The smallest absolute Gasteiger partial charge is 0.127 e. The maximum atomic E-state index is 9.74. The predicted molar refractivity (Wildman–Crippen MR) is 77.7 cm³/mol. The molecule has 2 rings (SSSR count). The van der Waals surface area contributed by atoms with E-state index in [-0.39, 0.29) is 0 Å². The van der Waals surface area contributed by atoms with Crippen LogP contribution in [0, 0.1) is 13.8 Å². The second kappa shape index (κ2) is 5.89. The Morgan fingerprint density at radius 1 is 0.947 bits per heavy atom. The molecular weight excluding hydrogens is 236 g/mol. The minimum Gasteiger partial charge on any atom is -0.457 e. The van der Waals surface area contributed by atoms with Gasteiger partial charge in [-0.1, -0.05) is 25.1 Å². The summed E-state index contributed by atoms with van der Waals surface area (Å²) in [5, 5.41) is 9.74. The van der Waals surface area contributed by atoms with Crippen LogP contribution in [-0.4, -0.2) is 5.11 Å². The lowest BCUT2D eigenvalue weighted by Gasteiger charge is -2.11. The minimum atomic E-state index is -0.393. The Balaban J connectivity index is 2.15. The third-order valence-corrected chi connectivity index (χ3v) is 3.08. The highest BCUT2D eigenvalue weighted by Gasteiger charge is 2.05. The van der Waals surface area contributed by atoms with E-state index in [0.717, 1.165) is 23.5 Å². The topological polar surface area (TPSA) is 29.5 Å². The van der Waals surface area contributed by atoms with Crippen molar-refractivity contribution in [1.29, 1.82) is 0 Å². The van der Waals surface area contributed by atoms with E-state index in [1.165, 1.54) is 11.1 Å². The van der Waals surface area contributed by atoms with E-state index >= 15 is 0 Å². The lowest BCUT2D eigenvalue weighted by Crippen LogP contribution is -1.94. The van der Waals surface area contributed by atoms with Gasteiger partial charge >= 0.3 is 0 Å². The normalized spacial score (nSPS) is 12.2. The monoisotopic (exact) mass is 256 g/mol. The summed E-state index contributed by atoms with van der Waals surface area (Å²) in [5.74, 6) is 1.64. The molecule has 0 radical (unpaired) electrons. The van der Waals surface area contributed by atoms with Crippen LogP contribution in [0.1, 0.15) is 36.1 Å². The summed E-state index contributed by atoms with van der Waals surface area (Å²) in [6.45, 7) is 6.08. The van der Waals surface area contributed by atoms with Gasteiger partial charge in [0.1, 0.15) is 11.5 Å². The first-order valence-electron chi connectivity index (χ1n) is 6.62. The van der Waals surface area contributed by atoms with Crippen molar-refractivity contribution in [2.24, 2.45) is 0 Å². The quantitative estimate of drug-likeness (QED) is 0.870. The van der Waals surface area contributed by atoms with Gasteiger partial charge in [0.25, 0.3) is 0 Å². The second-order valence-electron chi connectivity index (χ2n) is 4.92. The molecule has 2 aromatic carbocycles. The first kappa shape index (κ1) is 13.6. The van der Waals surface area contributed by atoms with E-state index in [1.54, 1.807) is 0 Å². The van der Waals surface area contributed by atoms with Gasteiger partial charge in [-0.15, -0.1) is 0 Å². The van der Waals surface area contributed by atoms with Crippen molar-refractivity contribution in [2.75, 3.05) is 0 Å². The second-order valence-corrected chi connectivity index (χ2v) is 4.92. The van der Waals surface area contributed by atoms with Crippen LogP contribution in [0.5, 0.6) is 11.5 Å². The highest BCUT2D eigenvalue weighted by Crippen LogP contribution is 2.25. The zero-order chi connectivity index (χ0) is 13.8. The number of benzene rings is 2. The van der Waals surface area contributed by atoms with Crippen LogP contribution < -0.4 is 4.74 Å². The minimum absolute atomic E-state index is 0.393. The summed E-state index contributed by atoms with van der Waals surface area (Å²) in [6, 6.07) is 13.8. The molecule has 2 nitrogen and oxygen atoms in total. The number of rotatable bonds is 4. The van der Waals surface area contributed by atoms with E-state index in [4.69, 9.17) is 4.74 Å². The molecule has 0 aromatic heterocycles. The van der Waals surface area contributed by atoms with E-state index < -0.39 is 6.10 Å². The van der Waals surface area contributed by atoms with Gasteiger partial charge in [-0.25, -0.2) is 0 Å². The number of hydrogen-bond donors (Lipinski definition) is 1. The summed E-state index contributed by atoms with van der Waals surface area (Å²) < 4.78 is 5.83. The zero-order valence-electron chi connectivity index (χ0n) is 11.7. The van der Waals surface area contributed by atoms with E-state index in [9.17, 15) is 5.11 Å². The summed E-state index contributed by atoms with van der Waals surface area (Å²) in [7, 11) is 0. The molecule has 2 heteroatoms. The van der Waals surface area contributed by atoms with Crippen LogP contribution in [0.15, 0.2) is 42.5 Å². The van der Waals surface area contributed by atoms with Crippen molar-refractivity contribution in [3.05, 3.63) is 59.2 Å². The molecule has 0 amide bonds. The molecule has 1 N–H and O–H groups in total. The molecule has 0 saturated heterocycles. The first-order chi connectivity index (χ1) is 9.08. The van der Waals surface area contributed by atoms with Crippen molar-refractivity contribution in [3.63, 3.8) is 0 Å². The molecule has 0 aliphatic rings. The van der Waals surface area contributed by atoms with Crippen molar-refractivity contribution >= 4 is 0 Å². The molecule has 0 unspecified atom stereocenters. The Hall–Kier alpha value is -1.80. The molecule has 0 saturated carbocycles. The average Bonchev–Trinajstić information content (AvgIpc) is 2.37. The summed E-state index contributed by atoms with van der Waals surface area (Å²) in [6.07, 6.45) is 0.326. The molecular formula is C17H20O2. The van der Waals surface area contributed by atoms with Gasteiger partial charge in [-0.2, -0.15) is 0 Å². The maximum Gasteiger partial charge on any atom is 0.127 e. The fraction of sp³-hybridized carbons (Fsp3) is 0.294. The van der Waals surface area contributed by atoms with E-state index in [0.29, 0.717) is 0 Å². The standard InChI is InChI=1S/C17H20O2/c1-4-17(18)14-5-7-15(8-6-14)19-16-10-12(2)9-13(3)11-16/h5-11,17-18H,4H2,1-3H3/t17-/m0/s1. The Labute approximate surface area is 114 Å². The van der Waals surface area contributed by atoms with Gasteiger partial charge in [0.15, 0.2) is 0 Å². The van der Waals surface area contributed by atoms with E-state index in [1.807, 2.05) is 43.3 Å². The number of aliphatic hydroxyl groups is 1. The Bertz CT molecular complexity index is 523. The number of ether oxygens (including phenoxy) is 1. The van der Waals surface area contributed by atoms with Crippen LogP contribution in [0.3, 0.4) is 0 Å². The van der Waals surface area contributed by atoms with Gasteiger partial charge in [-0.05, 0) is 61.2 Å². The third kappa shape index (κ3) is 3.58. The van der Waals surface area contributed by atoms with Crippen molar-refractivity contribution in [2.45, 2.75) is 33.3 Å². The highest BCUT2D eigenvalue weighted by atomic mass is 16.5. The fourth-order valence-electron chi connectivity index (χ4n) is 2.12. The molecule has 0 spiro atoms. The molecule has 19 heavy (non-hydrogen) atoms. The average molecular weight is 256 g/mol. The molecule has 0 fully saturated rings. The van der Waals surface area contributed by atoms with Crippen molar-refractivity contribution < 1.29 is 9.84 Å². The third-order valence-electron chi connectivity index (χ3n) is 3.08. The van der Waals surface area contributed by atoms with Gasteiger partial charge < -0.3 is 9.84 Å². The van der Waals surface area contributed by atoms with Gasteiger partial charge in [-0.3, -0.25) is 0 Å². The Morgan fingerprint density at radius 2 is 1.53 bits per heavy atom. The van der Waals surface area contributed by atoms with Crippen LogP contribution in [0.2, 0.25) is 0 Å². The number of aliphatic hydroxyl groups excluding tert-OH is 1. The van der Waals surface area contributed by atoms with Gasteiger partial charge in [0.2, 0.25) is 0 Å². The summed E-state index contributed by atoms with van der Waals surface area (Å²) >= 11 is 0. The number of aryl methyl sites for hydroxylation is 2. The van der Waals surface area contributed by atoms with Crippen LogP contribution in [-0.2, 0) is 0 Å². The Morgan fingerprint density at radius 3 is 2.05 bits per heavy atom. The van der Waals surface area contributed by atoms with Crippen LogP contribution >= 0.6 is 0 Å². The molecule has 0 aliphatic heterocycles.